The van der Waals surface area contributed by atoms with Crippen LogP contribution in [0.5, 0.6) is 0 Å². The van der Waals surface area contributed by atoms with E-state index in [-0.39, 0.29) is 5.78 Å². The first-order chi connectivity index (χ1) is 5.29. The largest absolute Gasteiger partial charge is 0.310 e. The summed E-state index contributed by atoms with van der Waals surface area (Å²) in [5.41, 5.74) is 9.56. The highest BCUT2D eigenvalue weighted by Gasteiger charge is 2.01. The van der Waals surface area contributed by atoms with Gasteiger partial charge in [0.15, 0.2) is 0 Å². The van der Waals surface area contributed by atoms with E-state index in [0.717, 1.165) is 18.5 Å². The fraction of sp³-hybridized carbons (Fsp3) is 0.571. The van der Waals surface area contributed by atoms with Gasteiger partial charge in [0.25, 0.3) is 0 Å². The quantitative estimate of drug-likeness (QED) is 0.543. The van der Waals surface area contributed by atoms with Crippen LogP contribution in [-0.4, -0.2) is 5.78 Å². The van der Waals surface area contributed by atoms with E-state index in [1.54, 1.807) is 6.92 Å². The zero-order chi connectivity index (χ0) is 8.10. The van der Waals surface area contributed by atoms with Crippen molar-refractivity contribution in [1.82, 2.24) is 16.4 Å². The molecule has 0 aromatic heterocycles. The Morgan fingerprint density at radius 3 is 3.00 bits per heavy atom. The molecule has 3 N–H and O–H groups in total. The van der Waals surface area contributed by atoms with Gasteiger partial charge in [-0.05, 0) is 19.8 Å². The maximum Gasteiger partial charge on any atom is 0.129 e. The van der Waals surface area contributed by atoms with E-state index in [2.05, 4.69) is 16.4 Å². The third-order valence-electron chi connectivity index (χ3n) is 1.52. The van der Waals surface area contributed by atoms with E-state index in [0.29, 0.717) is 6.42 Å². The van der Waals surface area contributed by atoms with E-state index in [4.69, 9.17) is 0 Å². The summed E-state index contributed by atoms with van der Waals surface area (Å²) in [7, 11) is 0. The first-order valence-electron chi connectivity index (χ1n) is 3.74. The molecule has 0 aromatic carbocycles. The van der Waals surface area contributed by atoms with Crippen molar-refractivity contribution in [2.45, 2.75) is 26.2 Å². The van der Waals surface area contributed by atoms with Crippen molar-refractivity contribution in [1.29, 1.82) is 0 Å². The number of carbonyl (C=O) groups excluding carboxylic acids is 1. The van der Waals surface area contributed by atoms with E-state index in [9.17, 15) is 4.79 Å². The van der Waals surface area contributed by atoms with Gasteiger partial charge in [-0.3, -0.25) is 0 Å². The van der Waals surface area contributed by atoms with Gasteiger partial charge < -0.3 is 15.6 Å². The predicted octanol–water partition coefficient (Wildman–Crippen LogP) is 0.199. The van der Waals surface area contributed by atoms with Gasteiger partial charge in [-0.25, -0.2) is 0 Å². The van der Waals surface area contributed by atoms with Gasteiger partial charge in [-0.2, -0.15) is 5.53 Å². The molecule has 0 atom stereocenters. The first-order valence-corrected chi connectivity index (χ1v) is 3.74. The molecule has 0 radical (unpaired) electrons. The molecule has 1 heterocycles. The lowest BCUT2D eigenvalue weighted by molar-refractivity contribution is -0.117. The summed E-state index contributed by atoms with van der Waals surface area (Å²) < 4.78 is 0. The summed E-state index contributed by atoms with van der Waals surface area (Å²) in [6.45, 7) is 1.62. The van der Waals surface area contributed by atoms with Crippen LogP contribution >= 0.6 is 0 Å². The van der Waals surface area contributed by atoms with Gasteiger partial charge in [-0.1, -0.05) is 0 Å². The van der Waals surface area contributed by atoms with Crippen LogP contribution in [0.2, 0.25) is 0 Å². The van der Waals surface area contributed by atoms with Gasteiger partial charge >= 0.3 is 0 Å². The van der Waals surface area contributed by atoms with Crippen LogP contribution in [0.3, 0.4) is 0 Å². The maximum atomic E-state index is 10.5. The van der Waals surface area contributed by atoms with Crippen LogP contribution in [0.25, 0.3) is 0 Å². The second kappa shape index (κ2) is 3.98. The number of Topliss-reactive ketones (excluding diaryl/α,β-unsaturated/α-hetero) is 1. The van der Waals surface area contributed by atoms with E-state index < -0.39 is 0 Å². The van der Waals surface area contributed by atoms with Crippen molar-refractivity contribution in [3.8, 4) is 0 Å². The molecule has 4 nitrogen and oxygen atoms in total. The average Bonchev–Trinajstić information content (AvgIpc) is 2.39. The van der Waals surface area contributed by atoms with Crippen LogP contribution in [0, 0.1) is 0 Å². The van der Waals surface area contributed by atoms with Crippen molar-refractivity contribution < 1.29 is 4.79 Å². The molecule has 62 valence electrons. The number of nitrogens with one attached hydrogen (secondary N) is 3. The second-order valence-corrected chi connectivity index (χ2v) is 2.62. The Kier molecular flexibility index (Phi) is 2.92. The fourth-order valence-electron chi connectivity index (χ4n) is 0.938. The summed E-state index contributed by atoms with van der Waals surface area (Å²) in [6, 6.07) is 0. The van der Waals surface area contributed by atoms with Crippen LogP contribution in [0.15, 0.2) is 11.9 Å². The van der Waals surface area contributed by atoms with Crippen LogP contribution in [0.1, 0.15) is 26.2 Å². The molecule has 0 amide bonds. The van der Waals surface area contributed by atoms with Crippen molar-refractivity contribution in [2.75, 3.05) is 0 Å². The molecule has 1 aliphatic heterocycles. The zero-order valence-electron chi connectivity index (χ0n) is 6.61. The number of rotatable bonds is 4. The molecule has 0 bridgehead atoms. The summed E-state index contributed by atoms with van der Waals surface area (Å²) in [4.78, 5) is 10.5. The lowest BCUT2D eigenvalue weighted by Crippen LogP contribution is -2.31. The molecule has 0 unspecified atom stereocenters. The fourth-order valence-corrected chi connectivity index (χ4v) is 0.938. The molecule has 4 heteroatoms. The van der Waals surface area contributed by atoms with Crippen LogP contribution in [0.4, 0.5) is 0 Å². The second-order valence-electron chi connectivity index (χ2n) is 2.62. The lowest BCUT2D eigenvalue weighted by atomic mass is 10.1. The number of ketones is 1. The monoisotopic (exact) mass is 155 g/mol. The maximum absolute atomic E-state index is 10.5. The Labute approximate surface area is 66.0 Å². The van der Waals surface area contributed by atoms with E-state index in [1.165, 1.54) is 0 Å². The van der Waals surface area contributed by atoms with Gasteiger partial charge in [0.2, 0.25) is 0 Å². The topological polar surface area (TPSA) is 53.2 Å². The first kappa shape index (κ1) is 8.07. The predicted molar refractivity (Wildman–Crippen MR) is 42.0 cm³/mol. The molecule has 11 heavy (non-hydrogen) atoms. The Bertz CT molecular complexity index is 177. The Morgan fingerprint density at radius 2 is 2.45 bits per heavy atom. The molecule has 0 saturated carbocycles. The smallest absolute Gasteiger partial charge is 0.129 e. The lowest BCUT2D eigenvalue weighted by Gasteiger charge is -2.00. The Balaban J connectivity index is 2.07. The standard InChI is InChI=1S/C7H13N3O/c1-6(11)3-2-4-7-5-8-10-9-7/h5,8-10H,2-4H2,1H3. The number of hydrazine groups is 2. The molecule has 0 spiro atoms. The highest BCUT2D eigenvalue weighted by Crippen LogP contribution is 2.04. The SMILES string of the molecule is CC(=O)CCCC1=CNNN1. The summed E-state index contributed by atoms with van der Waals surface area (Å²) in [6.07, 6.45) is 4.36. The van der Waals surface area contributed by atoms with Gasteiger partial charge in [0, 0.05) is 18.3 Å². The van der Waals surface area contributed by atoms with Crippen molar-refractivity contribution in [3.63, 3.8) is 0 Å². The molecule has 1 rings (SSSR count). The molecule has 0 aromatic rings. The summed E-state index contributed by atoms with van der Waals surface area (Å²) >= 11 is 0. The molecule has 0 saturated heterocycles. The number of hydrogen-bond donors (Lipinski definition) is 3. The van der Waals surface area contributed by atoms with Crippen LogP contribution < -0.4 is 16.4 Å². The third-order valence-corrected chi connectivity index (χ3v) is 1.52. The summed E-state index contributed by atoms with van der Waals surface area (Å²) in [5.74, 6) is 0.254. The third kappa shape index (κ3) is 3.04. The van der Waals surface area contributed by atoms with E-state index >= 15 is 0 Å². The van der Waals surface area contributed by atoms with Gasteiger partial charge in [0.1, 0.15) is 5.78 Å². The minimum absolute atomic E-state index is 0.254. The average molecular weight is 155 g/mol. The number of hydrogen-bond acceptors (Lipinski definition) is 4. The van der Waals surface area contributed by atoms with Gasteiger partial charge in [-0.15, -0.1) is 0 Å². The van der Waals surface area contributed by atoms with Crippen molar-refractivity contribution in [2.24, 2.45) is 0 Å². The molecular formula is C7H13N3O. The Morgan fingerprint density at radius 1 is 1.64 bits per heavy atom. The number of allylic oxidation sites excluding steroid dienone is 1. The number of carbonyl (C=O) groups is 1. The highest BCUT2D eigenvalue weighted by atomic mass is 16.1. The minimum atomic E-state index is 0.254. The molecule has 1 aliphatic rings. The minimum Gasteiger partial charge on any atom is -0.310 e. The molecule has 0 fully saturated rings. The molecule has 0 aliphatic carbocycles. The molecular weight excluding hydrogens is 142 g/mol. The van der Waals surface area contributed by atoms with Crippen molar-refractivity contribution in [3.05, 3.63) is 11.9 Å². The van der Waals surface area contributed by atoms with Gasteiger partial charge in [0.05, 0.1) is 0 Å². The highest BCUT2D eigenvalue weighted by molar-refractivity contribution is 5.75. The van der Waals surface area contributed by atoms with Crippen molar-refractivity contribution >= 4 is 5.78 Å². The zero-order valence-corrected chi connectivity index (χ0v) is 6.61. The normalized spacial score (nSPS) is 15.2. The van der Waals surface area contributed by atoms with Crippen LogP contribution in [-0.2, 0) is 4.79 Å². The van der Waals surface area contributed by atoms with E-state index in [1.807, 2.05) is 6.20 Å². The Hall–Kier alpha value is -1.03. The summed E-state index contributed by atoms with van der Waals surface area (Å²) in [5, 5.41) is 0.